The molecular formula is C12H9N3O6. The summed E-state index contributed by atoms with van der Waals surface area (Å²) in [6.45, 7) is 0. The summed E-state index contributed by atoms with van der Waals surface area (Å²) in [5.41, 5.74) is -1.51. The molecule has 1 aromatic heterocycles. The Labute approximate surface area is 117 Å². The van der Waals surface area contributed by atoms with Crippen molar-refractivity contribution in [2.24, 2.45) is 0 Å². The summed E-state index contributed by atoms with van der Waals surface area (Å²) in [6, 6.07) is 5.31. The van der Waals surface area contributed by atoms with Gasteiger partial charge in [0.1, 0.15) is 5.82 Å². The molecule has 0 saturated heterocycles. The Morgan fingerprint density at radius 1 is 1.48 bits per heavy atom. The molecule has 1 aromatic carbocycles. The molecule has 1 heterocycles. The third kappa shape index (κ3) is 2.71. The van der Waals surface area contributed by atoms with Crippen LogP contribution in [0.2, 0.25) is 0 Å². The van der Waals surface area contributed by atoms with Crippen LogP contribution in [0.1, 0.15) is 10.5 Å². The van der Waals surface area contributed by atoms with E-state index in [-0.39, 0.29) is 17.1 Å². The van der Waals surface area contributed by atoms with E-state index < -0.39 is 27.9 Å². The maximum absolute atomic E-state index is 11.6. The predicted octanol–water partition coefficient (Wildman–Crippen LogP) is 0.837. The van der Waals surface area contributed by atoms with Crippen LogP contribution in [0.4, 0.5) is 5.69 Å². The van der Waals surface area contributed by atoms with Gasteiger partial charge < -0.3 is 14.8 Å². The van der Waals surface area contributed by atoms with Crippen LogP contribution in [0.3, 0.4) is 0 Å². The Bertz CT molecular complexity index is 783. The first-order valence-corrected chi connectivity index (χ1v) is 5.60. The van der Waals surface area contributed by atoms with Gasteiger partial charge in [0, 0.05) is 17.7 Å². The van der Waals surface area contributed by atoms with E-state index in [0.29, 0.717) is 0 Å². The highest BCUT2D eigenvalue weighted by Gasteiger charge is 2.19. The number of aromatic amines is 1. The Morgan fingerprint density at radius 2 is 2.19 bits per heavy atom. The number of aromatic hydroxyl groups is 1. The fourth-order valence-corrected chi connectivity index (χ4v) is 1.61. The van der Waals surface area contributed by atoms with Gasteiger partial charge in [-0.2, -0.15) is 0 Å². The number of nitrogens with zero attached hydrogens (tertiary/aromatic N) is 2. The Kier molecular flexibility index (Phi) is 3.65. The van der Waals surface area contributed by atoms with Gasteiger partial charge >= 0.3 is 5.97 Å². The maximum atomic E-state index is 11.6. The number of hydrogen-bond acceptors (Lipinski definition) is 7. The molecule has 21 heavy (non-hydrogen) atoms. The highest BCUT2D eigenvalue weighted by molar-refractivity contribution is 5.90. The first kappa shape index (κ1) is 14.2. The number of nitro groups is 1. The summed E-state index contributed by atoms with van der Waals surface area (Å²) in [7, 11) is 1.07. The summed E-state index contributed by atoms with van der Waals surface area (Å²) in [6.07, 6.45) is 0. The third-order valence-electron chi connectivity index (χ3n) is 2.60. The van der Waals surface area contributed by atoms with Gasteiger partial charge in [-0.25, -0.2) is 9.78 Å². The van der Waals surface area contributed by atoms with Crippen LogP contribution in [0.5, 0.6) is 5.75 Å². The molecule has 2 aromatic rings. The summed E-state index contributed by atoms with van der Waals surface area (Å²) < 4.78 is 4.40. The number of benzene rings is 1. The number of non-ortho nitro benzene ring substituents is 1. The molecule has 0 aliphatic heterocycles. The smallest absolute Gasteiger partial charge is 0.360 e. The molecule has 9 heteroatoms. The van der Waals surface area contributed by atoms with Crippen molar-refractivity contribution in [3.63, 3.8) is 0 Å². The maximum Gasteiger partial charge on any atom is 0.360 e. The molecule has 2 rings (SSSR count). The van der Waals surface area contributed by atoms with Crippen LogP contribution < -0.4 is 5.56 Å². The molecular weight excluding hydrogens is 282 g/mol. The molecule has 9 nitrogen and oxygen atoms in total. The molecule has 0 amide bonds. The lowest BCUT2D eigenvalue weighted by molar-refractivity contribution is -0.384. The Hall–Kier alpha value is -3.23. The monoisotopic (exact) mass is 291 g/mol. The predicted molar refractivity (Wildman–Crippen MR) is 70.0 cm³/mol. The lowest BCUT2D eigenvalue weighted by atomic mass is 10.2. The molecule has 0 unspecified atom stereocenters. The van der Waals surface area contributed by atoms with E-state index in [9.17, 15) is 24.8 Å². The van der Waals surface area contributed by atoms with Crippen molar-refractivity contribution < 1.29 is 19.6 Å². The Balaban J connectivity index is 2.62. The van der Waals surface area contributed by atoms with Gasteiger partial charge in [-0.1, -0.05) is 12.1 Å². The number of hydrogen-bond donors (Lipinski definition) is 2. The highest BCUT2D eigenvalue weighted by Crippen LogP contribution is 2.21. The van der Waals surface area contributed by atoms with Crippen LogP contribution in [0, 0.1) is 10.1 Å². The van der Waals surface area contributed by atoms with E-state index in [1.807, 2.05) is 0 Å². The van der Waals surface area contributed by atoms with E-state index in [4.69, 9.17) is 0 Å². The number of carbonyl (C=O) groups is 1. The van der Waals surface area contributed by atoms with Crippen molar-refractivity contribution in [1.29, 1.82) is 0 Å². The zero-order valence-corrected chi connectivity index (χ0v) is 10.7. The molecule has 0 saturated carbocycles. The van der Waals surface area contributed by atoms with Gasteiger partial charge in [0.15, 0.2) is 5.69 Å². The number of nitro benzene ring substituents is 1. The molecule has 0 aliphatic carbocycles. The van der Waals surface area contributed by atoms with Crippen molar-refractivity contribution in [3.05, 3.63) is 50.4 Å². The Morgan fingerprint density at radius 3 is 2.81 bits per heavy atom. The van der Waals surface area contributed by atoms with E-state index in [1.54, 1.807) is 0 Å². The number of nitrogens with one attached hydrogen (secondary N) is 1. The summed E-state index contributed by atoms with van der Waals surface area (Å²) in [5, 5.41) is 20.2. The minimum atomic E-state index is -0.995. The zero-order chi connectivity index (χ0) is 15.6. The third-order valence-corrected chi connectivity index (χ3v) is 2.60. The van der Waals surface area contributed by atoms with Crippen LogP contribution in [0.25, 0.3) is 11.4 Å². The van der Waals surface area contributed by atoms with E-state index >= 15 is 0 Å². The second-order valence-electron chi connectivity index (χ2n) is 3.91. The van der Waals surface area contributed by atoms with Gasteiger partial charge in [0.05, 0.1) is 12.0 Å². The second kappa shape index (κ2) is 5.41. The van der Waals surface area contributed by atoms with Gasteiger partial charge in [-0.05, 0) is 0 Å². The number of esters is 1. The number of methoxy groups -OCH3 is 1. The largest absolute Gasteiger partial charge is 0.501 e. The lowest BCUT2D eigenvalue weighted by Crippen LogP contribution is -2.16. The van der Waals surface area contributed by atoms with E-state index in [2.05, 4.69) is 14.7 Å². The van der Waals surface area contributed by atoms with Crippen LogP contribution in [-0.2, 0) is 4.74 Å². The highest BCUT2D eigenvalue weighted by atomic mass is 16.6. The van der Waals surface area contributed by atoms with Crippen LogP contribution in [0.15, 0.2) is 29.1 Å². The summed E-state index contributed by atoms with van der Waals surface area (Å²) in [4.78, 5) is 39.1. The molecule has 108 valence electrons. The topological polar surface area (TPSA) is 135 Å². The second-order valence-corrected chi connectivity index (χ2v) is 3.91. The molecule has 2 N–H and O–H groups in total. The number of ether oxygens (including phenoxy) is 1. The summed E-state index contributed by atoms with van der Waals surface area (Å²) in [5.74, 6) is -1.97. The number of carbonyl (C=O) groups excluding carboxylic acids is 1. The average Bonchev–Trinajstić information content (AvgIpc) is 2.49. The zero-order valence-electron chi connectivity index (χ0n) is 10.7. The van der Waals surface area contributed by atoms with Crippen molar-refractivity contribution in [3.8, 4) is 17.1 Å². The number of H-pyrrole nitrogens is 1. The van der Waals surface area contributed by atoms with Gasteiger partial charge in [-0.3, -0.25) is 14.9 Å². The molecule has 0 atom stereocenters. The molecule has 0 spiro atoms. The van der Waals surface area contributed by atoms with Gasteiger partial charge in [0.2, 0.25) is 5.75 Å². The SMILES string of the molecule is COC(=O)c1nc(-c2cccc([N+](=O)[O-])c2)[nH]c(=O)c1O. The molecule has 0 aliphatic rings. The quantitative estimate of drug-likeness (QED) is 0.485. The molecule has 0 fully saturated rings. The van der Waals surface area contributed by atoms with Crippen molar-refractivity contribution >= 4 is 11.7 Å². The van der Waals surface area contributed by atoms with E-state index in [0.717, 1.165) is 7.11 Å². The van der Waals surface area contributed by atoms with Crippen LogP contribution >= 0.6 is 0 Å². The van der Waals surface area contributed by atoms with Gasteiger partial charge in [0.25, 0.3) is 11.2 Å². The van der Waals surface area contributed by atoms with Crippen molar-refractivity contribution in [2.45, 2.75) is 0 Å². The van der Waals surface area contributed by atoms with Crippen molar-refractivity contribution in [2.75, 3.05) is 7.11 Å². The standard InChI is InChI=1S/C12H9N3O6/c1-21-12(18)8-9(16)11(17)14-10(13-8)6-3-2-4-7(5-6)15(19)20/h2-5,16H,1H3,(H,13,14,17). The first-order valence-electron chi connectivity index (χ1n) is 5.60. The lowest BCUT2D eigenvalue weighted by Gasteiger charge is -2.05. The number of rotatable bonds is 3. The fraction of sp³-hybridized carbons (Fsp3) is 0.0833. The van der Waals surface area contributed by atoms with Crippen molar-refractivity contribution in [1.82, 2.24) is 9.97 Å². The van der Waals surface area contributed by atoms with Crippen LogP contribution in [-0.4, -0.2) is 33.1 Å². The first-order chi connectivity index (χ1) is 9.93. The normalized spacial score (nSPS) is 10.1. The number of aromatic nitrogens is 2. The minimum Gasteiger partial charge on any atom is -0.501 e. The minimum absolute atomic E-state index is 0.0955. The fourth-order valence-electron chi connectivity index (χ4n) is 1.61. The average molecular weight is 291 g/mol. The molecule has 0 radical (unpaired) electrons. The van der Waals surface area contributed by atoms with Gasteiger partial charge in [-0.15, -0.1) is 0 Å². The van der Waals surface area contributed by atoms with E-state index in [1.165, 1.54) is 24.3 Å². The molecule has 0 bridgehead atoms. The summed E-state index contributed by atoms with van der Waals surface area (Å²) >= 11 is 0.